The minimum absolute atomic E-state index is 0.0160. The van der Waals surface area contributed by atoms with E-state index in [1.807, 2.05) is 0 Å². The number of H-pyrrole nitrogens is 1. The van der Waals surface area contributed by atoms with Gasteiger partial charge in [-0.3, -0.25) is 4.79 Å². The lowest BCUT2D eigenvalue weighted by molar-refractivity contribution is 0.0697. The maximum Gasteiger partial charge on any atom is 0.335 e. The van der Waals surface area contributed by atoms with E-state index < -0.39 is 11.5 Å². The predicted molar refractivity (Wildman–Crippen MR) is 68.4 cm³/mol. The Kier molecular flexibility index (Phi) is 3.73. The van der Waals surface area contributed by atoms with Crippen LogP contribution in [-0.2, 0) is 0 Å². The van der Waals surface area contributed by atoms with E-state index in [0.29, 0.717) is 0 Å². The number of carbonyl (C=O) groups is 1. The molecule has 1 aromatic carbocycles. The SMILES string of the molecule is O=C(O)c1ccc(Oc2nc[nH]c(=O)c2Cl)c(Cl)c1. The summed E-state index contributed by atoms with van der Waals surface area (Å²) in [5.74, 6) is -1.08. The quantitative estimate of drug-likeness (QED) is 0.909. The number of hydrogen-bond donors (Lipinski definition) is 2. The summed E-state index contributed by atoms with van der Waals surface area (Å²) in [6, 6.07) is 3.88. The van der Waals surface area contributed by atoms with E-state index in [4.69, 9.17) is 33.0 Å². The molecule has 1 heterocycles. The van der Waals surface area contributed by atoms with E-state index >= 15 is 0 Å². The first-order valence-electron chi connectivity index (χ1n) is 4.93. The van der Waals surface area contributed by atoms with Gasteiger partial charge in [-0.25, -0.2) is 9.78 Å². The van der Waals surface area contributed by atoms with Crippen molar-refractivity contribution in [2.24, 2.45) is 0 Å². The molecule has 2 rings (SSSR count). The second kappa shape index (κ2) is 5.29. The van der Waals surface area contributed by atoms with Crippen LogP contribution >= 0.6 is 23.2 Å². The molecule has 0 spiro atoms. The van der Waals surface area contributed by atoms with Crippen molar-refractivity contribution in [1.29, 1.82) is 0 Å². The molecule has 2 N–H and O–H groups in total. The van der Waals surface area contributed by atoms with Crippen molar-refractivity contribution in [2.45, 2.75) is 0 Å². The molecule has 0 unspecified atom stereocenters. The molecular formula is C11H6Cl2N2O4. The number of nitrogens with one attached hydrogen (secondary N) is 1. The maximum absolute atomic E-state index is 11.2. The zero-order valence-corrected chi connectivity index (χ0v) is 10.7. The van der Waals surface area contributed by atoms with Crippen molar-refractivity contribution in [2.75, 3.05) is 0 Å². The summed E-state index contributed by atoms with van der Waals surface area (Å²) in [5, 5.41) is 8.64. The Bertz CT molecular complexity index is 699. The predicted octanol–water partition coefficient (Wildman–Crippen LogP) is 2.57. The van der Waals surface area contributed by atoms with Gasteiger partial charge in [0.25, 0.3) is 5.56 Å². The summed E-state index contributed by atoms with van der Waals surface area (Å²) in [4.78, 5) is 28.0. The van der Waals surface area contributed by atoms with Crippen LogP contribution in [0, 0.1) is 0 Å². The van der Waals surface area contributed by atoms with Gasteiger partial charge in [-0.05, 0) is 18.2 Å². The number of aromatic carboxylic acids is 1. The summed E-state index contributed by atoms with van der Waals surface area (Å²) >= 11 is 11.6. The second-order valence-corrected chi connectivity index (χ2v) is 4.19. The normalized spacial score (nSPS) is 10.2. The molecule has 0 saturated carbocycles. The molecule has 2 aromatic rings. The molecule has 6 nitrogen and oxygen atoms in total. The summed E-state index contributed by atoms with van der Waals surface area (Å²) < 4.78 is 5.27. The van der Waals surface area contributed by atoms with Crippen LogP contribution in [0.2, 0.25) is 10.0 Å². The second-order valence-electron chi connectivity index (χ2n) is 3.40. The Morgan fingerprint density at radius 2 is 2.11 bits per heavy atom. The standard InChI is InChI=1S/C11H6Cl2N2O4/c12-6-3-5(11(17)18)1-2-7(6)19-10-8(13)9(16)14-4-15-10/h1-4H,(H,17,18)(H,14,15,16). The molecule has 0 aliphatic carbocycles. The summed E-state index contributed by atoms with van der Waals surface area (Å²) in [7, 11) is 0. The minimum atomic E-state index is -1.11. The molecule has 0 aliphatic heterocycles. The van der Waals surface area contributed by atoms with Gasteiger partial charge < -0.3 is 14.8 Å². The average Bonchev–Trinajstić information content (AvgIpc) is 2.37. The number of aromatic amines is 1. The molecule has 1 aromatic heterocycles. The summed E-state index contributed by atoms with van der Waals surface area (Å²) in [5.41, 5.74) is -0.535. The van der Waals surface area contributed by atoms with Gasteiger partial charge in [0, 0.05) is 0 Å². The molecule has 8 heteroatoms. The van der Waals surface area contributed by atoms with Crippen LogP contribution in [0.3, 0.4) is 0 Å². The number of carboxylic acid groups (broad SMARTS) is 1. The monoisotopic (exact) mass is 300 g/mol. The number of aromatic nitrogens is 2. The molecule has 98 valence electrons. The number of hydrogen-bond acceptors (Lipinski definition) is 4. The van der Waals surface area contributed by atoms with Gasteiger partial charge in [0.05, 0.1) is 16.9 Å². The Morgan fingerprint density at radius 3 is 2.74 bits per heavy atom. The lowest BCUT2D eigenvalue weighted by Crippen LogP contribution is -2.08. The van der Waals surface area contributed by atoms with Crippen LogP contribution in [0.15, 0.2) is 29.3 Å². The first-order chi connectivity index (χ1) is 8.99. The fourth-order valence-corrected chi connectivity index (χ4v) is 1.62. The Labute approximate surface area is 116 Å². The fourth-order valence-electron chi connectivity index (χ4n) is 1.26. The third kappa shape index (κ3) is 2.86. The zero-order valence-electron chi connectivity index (χ0n) is 9.18. The van der Waals surface area contributed by atoms with Crippen LogP contribution in [0.1, 0.15) is 10.4 Å². The van der Waals surface area contributed by atoms with Gasteiger partial charge in [0.2, 0.25) is 5.88 Å². The first-order valence-corrected chi connectivity index (χ1v) is 5.68. The van der Waals surface area contributed by atoms with E-state index in [1.54, 1.807) is 0 Å². The van der Waals surface area contributed by atoms with Crippen molar-refractivity contribution in [3.05, 3.63) is 50.5 Å². The van der Waals surface area contributed by atoms with Gasteiger partial charge in [-0.1, -0.05) is 23.2 Å². The zero-order chi connectivity index (χ0) is 14.0. The first kappa shape index (κ1) is 13.4. The van der Waals surface area contributed by atoms with Crippen molar-refractivity contribution in [3.8, 4) is 11.6 Å². The number of nitrogens with zero attached hydrogens (tertiary/aromatic N) is 1. The highest BCUT2D eigenvalue weighted by molar-refractivity contribution is 6.32. The number of halogens is 2. The number of rotatable bonds is 3. The van der Waals surface area contributed by atoms with Gasteiger partial charge in [-0.2, -0.15) is 0 Å². The summed E-state index contributed by atoms with van der Waals surface area (Å²) in [6.07, 6.45) is 1.13. The van der Waals surface area contributed by atoms with Crippen LogP contribution in [0.5, 0.6) is 11.6 Å². The minimum Gasteiger partial charge on any atom is -0.478 e. The van der Waals surface area contributed by atoms with Gasteiger partial charge in [0.1, 0.15) is 5.75 Å². The lowest BCUT2D eigenvalue weighted by Gasteiger charge is -2.07. The van der Waals surface area contributed by atoms with Gasteiger partial charge >= 0.3 is 5.97 Å². The van der Waals surface area contributed by atoms with E-state index in [0.717, 1.165) is 6.33 Å². The van der Waals surface area contributed by atoms with Crippen molar-refractivity contribution >= 4 is 29.2 Å². The van der Waals surface area contributed by atoms with E-state index in [-0.39, 0.29) is 27.2 Å². The third-order valence-electron chi connectivity index (χ3n) is 2.15. The van der Waals surface area contributed by atoms with E-state index in [9.17, 15) is 9.59 Å². The fraction of sp³-hybridized carbons (Fsp3) is 0. The summed E-state index contributed by atoms with van der Waals surface area (Å²) in [6.45, 7) is 0. The molecule has 0 bridgehead atoms. The van der Waals surface area contributed by atoms with E-state index in [2.05, 4.69) is 9.97 Å². The molecule has 19 heavy (non-hydrogen) atoms. The van der Waals surface area contributed by atoms with E-state index in [1.165, 1.54) is 18.2 Å². The van der Waals surface area contributed by atoms with Crippen molar-refractivity contribution < 1.29 is 14.6 Å². The Balaban J connectivity index is 2.36. The average molecular weight is 301 g/mol. The highest BCUT2D eigenvalue weighted by atomic mass is 35.5. The van der Waals surface area contributed by atoms with Crippen molar-refractivity contribution in [3.63, 3.8) is 0 Å². The van der Waals surface area contributed by atoms with Crippen molar-refractivity contribution in [1.82, 2.24) is 9.97 Å². The number of carboxylic acids is 1. The molecular weight excluding hydrogens is 295 g/mol. The lowest BCUT2D eigenvalue weighted by atomic mass is 10.2. The highest BCUT2D eigenvalue weighted by Crippen LogP contribution is 2.31. The maximum atomic E-state index is 11.2. The Hall–Kier alpha value is -2.05. The molecule has 0 atom stereocenters. The smallest absolute Gasteiger partial charge is 0.335 e. The van der Waals surface area contributed by atoms with Crippen LogP contribution in [-0.4, -0.2) is 21.0 Å². The third-order valence-corrected chi connectivity index (χ3v) is 2.78. The van der Waals surface area contributed by atoms with Crippen LogP contribution in [0.25, 0.3) is 0 Å². The highest BCUT2D eigenvalue weighted by Gasteiger charge is 2.12. The van der Waals surface area contributed by atoms with Crippen LogP contribution < -0.4 is 10.3 Å². The number of benzene rings is 1. The van der Waals surface area contributed by atoms with Gasteiger partial charge in [-0.15, -0.1) is 0 Å². The van der Waals surface area contributed by atoms with Gasteiger partial charge in [0.15, 0.2) is 5.02 Å². The number of ether oxygens (including phenoxy) is 1. The van der Waals surface area contributed by atoms with Crippen LogP contribution in [0.4, 0.5) is 0 Å². The largest absolute Gasteiger partial charge is 0.478 e. The molecule has 0 saturated heterocycles. The molecule has 0 amide bonds. The molecule has 0 fully saturated rings. The Morgan fingerprint density at radius 1 is 1.37 bits per heavy atom. The molecule has 0 aliphatic rings. The molecule has 0 radical (unpaired) electrons. The topological polar surface area (TPSA) is 92.3 Å².